The zero-order chi connectivity index (χ0) is 13.7. The topological polar surface area (TPSA) is 24.9 Å². The summed E-state index contributed by atoms with van der Waals surface area (Å²) in [6.45, 7) is 5.23. The lowest BCUT2D eigenvalue weighted by molar-refractivity contribution is 0.574. The maximum atomic E-state index is 4.48. The number of hydrogen-bond acceptors (Lipinski definition) is 4. The van der Waals surface area contributed by atoms with Crippen LogP contribution in [0, 0.1) is 6.92 Å². The number of thioether (sulfide) groups is 1. The van der Waals surface area contributed by atoms with Crippen molar-refractivity contribution in [1.29, 1.82) is 0 Å². The molecule has 2 rings (SSSR count). The van der Waals surface area contributed by atoms with Gasteiger partial charge >= 0.3 is 0 Å². The van der Waals surface area contributed by atoms with Crippen LogP contribution in [-0.2, 0) is 6.42 Å². The molecule has 1 N–H and O–H groups in total. The first-order valence-corrected chi connectivity index (χ1v) is 8.58. The van der Waals surface area contributed by atoms with Crippen molar-refractivity contribution >= 4 is 23.1 Å². The first kappa shape index (κ1) is 14.6. The molecule has 1 atom stereocenters. The van der Waals surface area contributed by atoms with E-state index in [1.54, 1.807) is 23.1 Å². The van der Waals surface area contributed by atoms with Gasteiger partial charge in [-0.1, -0.05) is 12.1 Å². The fourth-order valence-corrected chi connectivity index (χ4v) is 3.01. The number of nitrogens with zero attached hydrogens (tertiary/aromatic N) is 1. The third-order valence-corrected chi connectivity index (χ3v) is 4.68. The summed E-state index contributed by atoms with van der Waals surface area (Å²) in [4.78, 5) is 5.79. The van der Waals surface area contributed by atoms with E-state index in [2.05, 4.69) is 60.0 Å². The summed E-state index contributed by atoms with van der Waals surface area (Å²) in [7, 11) is 0. The normalized spacial score (nSPS) is 12.6. The molecule has 1 unspecified atom stereocenters. The van der Waals surface area contributed by atoms with Crippen LogP contribution in [0.1, 0.15) is 29.2 Å². The third kappa shape index (κ3) is 4.34. The standard InChI is InChI=1S/C15H20N2S2/c1-11(13-4-6-15(18-3)7-5-13)16-9-8-14-10-19-12(2)17-14/h4-7,10-11,16H,8-9H2,1-3H3. The average molecular weight is 292 g/mol. The van der Waals surface area contributed by atoms with E-state index in [1.165, 1.54) is 16.2 Å². The molecule has 0 saturated carbocycles. The van der Waals surface area contributed by atoms with E-state index in [1.807, 2.05) is 0 Å². The minimum absolute atomic E-state index is 0.385. The van der Waals surface area contributed by atoms with Gasteiger partial charge in [0.15, 0.2) is 0 Å². The number of aromatic nitrogens is 1. The molecule has 1 heterocycles. The van der Waals surface area contributed by atoms with Crippen molar-refractivity contribution < 1.29 is 0 Å². The molecule has 0 aliphatic rings. The van der Waals surface area contributed by atoms with Gasteiger partial charge in [0.1, 0.15) is 0 Å². The highest BCUT2D eigenvalue weighted by molar-refractivity contribution is 7.98. The van der Waals surface area contributed by atoms with Crippen LogP contribution in [0.2, 0.25) is 0 Å². The van der Waals surface area contributed by atoms with Gasteiger partial charge in [0.05, 0.1) is 10.7 Å². The van der Waals surface area contributed by atoms with Crippen LogP contribution in [0.5, 0.6) is 0 Å². The highest BCUT2D eigenvalue weighted by Gasteiger charge is 2.05. The second kappa shape index (κ2) is 7.08. The molecule has 19 heavy (non-hydrogen) atoms. The molecule has 0 amide bonds. The Morgan fingerprint density at radius 3 is 2.63 bits per heavy atom. The fourth-order valence-electron chi connectivity index (χ4n) is 1.95. The van der Waals surface area contributed by atoms with E-state index < -0.39 is 0 Å². The predicted molar refractivity (Wildman–Crippen MR) is 85.2 cm³/mol. The number of nitrogens with one attached hydrogen (secondary N) is 1. The largest absolute Gasteiger partial charge is 0.310 e. The van der Waals surface area contributed by atoms with Gasteiger partial charge in [0, 0.05) is 29.3 Å². The molecule has 0 aliphatic heterocycles. The van der Waals surface area contributed by atoms with E-state index in [-0.39, 0.29) is 0 Å². The molecule has 1 aromatic carbocycles. The van der Waals surface area contributed by atoms with Crippen LogP contribution in [0.15, 0.2) is 34.5 Å². The van der Waals surface area contributed by atoms with E-state index in [9.17, 15) is 0 Å². The maximum Gasteiger partial charge on any atom is 0.0897 e. The average Bonchev–Trinajstić information content (AvgIpc) is 2.84. The third-order valence-electron chi connectivity index (χ3n) is 3.11. The fraction of sp³-hybridized carbons (Fsp3) is 0.400. The highest BCUT2D eigenvalue weighted by Crippen LogP contribution is 2.18. The Hall–Kier alpha value is -0.840. The van der Waals surface area contributed by atoms with Gasteiger partial charge in [-0.15, -0.1) is 23.1 Å². The second-order valence-corrected chi connectivity index (χ2v) is 6.50. The SMILES string of the molecule is CSc1ccc(C(C)NCCc2csc(C)n2)cc1. The second-order valence-electron chi connectivity index (χ2n) is 4.56. The zero-order valence-corrected chi connectivity index (χ0v) is 13.3. The van der Waals surface area contributed by atoms with Crippen molar-refractivity contribution in [3.63, 3.8) is 0 Å². The molecule has 2 aromatic rings. The van der Waals surface area contributed by atoms with Crippen molar-refractivity contribution in [2.45, 2.75) is 31.2 Å². The van der Waals surface area contributed by atoms with Crippen molar-refractivity contribution in [3.05, 3.63) is 45.9 Å². The van der Waals surface area contributed by atoms with Gasteiger partial charge in [0.25, 0.3) is 0 Å². The van der Waals surface area contributed by atoms with Gasteiger partial charge in [-0.25, -0.2) is 4.98 Å². The quantitative estimate of drug-likeness (QED) is 0.813. The van der Waals surface area contributed by atoms with E-state index in [0.29, 0.717) is 6.04 Å². The number of aryl methyl sites for hydroxylation is 1. The van der Waals surface area contributed by atoms with Gasteiger partial charge < -0.3 is 5.32 Å². The lowest BCUT2D eigenvalue weighted by atomic mass is 10.1. The monoisotopic (exact) mass is 292 g/mol. The summed E-state index contributed by atoms with van der Waals surface area (Å²) in [6, 6.07) is 9.16. The van der Waals surface area contributed by atoms with Crippen LogP contribution in [0.3, 0.4) is 0 Å². The molecule has 1 aromatic heterocycles. The Balaban J connectivity index is 1.81. The first-order valence-electron chi connectivity index (χ1n) is 6.47. The van der Waals surface area contributed by atoms with Gasteiger partial charge in [-0.3, -0.25) is 0 Å². The van der Waals surface area contributed by atoms with Crippen LogP contribution >= 0.6 is 23.1 Å². The van der Waals surface area contributed by atoms with Crippen molar-refractivity contribution in [1.82, 2.24) is 10.3 Å². The summed E-state index contributed by atoms with van der Waals surface area (Å²) in [5, 5.41) is 6.85. The number of rotatable bonds is 6. The van der Waals surface area contributed by atoms with E-state index >= 15 is 0 Å². The summed E-state index contributed by atoms with van der Waals surface area (Å²) in [5.74, 6) is 0. The lowest BCUT2D eigenvalue weighted by Gasteiger charge is -2.14. The highest BCUT2D eigenvalue weighted by atomic mass is 32.2. The van der Waals surface area contributed by atoms with Gasteiger partial charge in [0.2, 0.25) is 0 Å². The molecular formula is C15H20N2S2. The Morgan fingerprint density at radius 1 is 1.32 bits per heavy atom. The molecule has 4 heteroatoms. The van der Waals surface area contributed by atoms with Crippen LogP contribution in [0.4, 0.5) is 0 Å². The molecule has 102 valence electrons. The number of hydrogen-bond donors (Lipinski definition) is 1. The van der Waals surface area contributed by atoms with E-state index in [4.69, 9.17) is 0 Å². The zero-order valence-electron chi connectivity index (χ0n) is 11.6. The van der Waals surface area contributed by atoms with Crippen molar-refractivity contribution in [2.75, 3.05) is 12.8 Å². The Labute approximate surface area is 123 Å². The summed E-state index contributed by atoms with van der Waals surface area (Å²) >= 11 is 3.50. The Bertz CT molecular complexity index is 505. The number of benzene rings is 1. The van der Waals surface area contributed by atoms with Crippen molar-refractivity contribution in [3.8, 4) is 0 Å². The molecule has 0 aliphatic carbocycles. The lowest BCUT2D eigenvalue weighted by Crippen LogP contribution is -2.21. The van der Waals surface area contributed by atoms with Gasteiger partial charge in [-0.2, -0.15) is 0 Å². The Morgan fingerprint density at radius 2 is 2.05 bits per heavy atom. The molecule has 0 saturated heterocycles. The first-order chi connectivity index (χ1) is 9.19. The van der Waals surface area contributed by atoms with Gasteiger partial charge in [-0.05, 0) is 37.8 Å². The molecule has 2 nitrogen and oxygen atoms in total. The van der Waals surface area contributed by atoms with Crippen LogP contribution < -0.4 is 5.32 Å². The Kier molecular flexibility index (Phi) is 5.43. The summed E-state index contributed by atoms with van der Waals surface area (Å²) < 4.78 is 0. The van der Waals surface area contributed by atoms with E-state index in [0.717, 1.165) is 18.0 Å². The maximum absolute atomic E-state index is 4.48. The van der Waals surface area contributed by atoms with Crippen molar-refractivity contribution in [2.24, 2.45) is 0 Å². The minimum atomic E-state index is 0.385. The number of thiazole rings is 1. The minimum Gasteiger partial charge on any atom is -0.310 e. The smallest absolute Gasteiger partial charge is 0.0897 e. The molecule has 0 bridgehead atoms. The molecular weight excluding hydrogens is 272 g/mol. The van der Waals surface area contributed by atoms with Crippen LogP contribution in [-0.4, -0.2) is 17.8 Å². The predicted octanol–water partition coefficient (Wildman–Crippen LogP) is 4.07. The summed E-state index contributed by atoms with van der Waals surface area (Å²) in [6.07, 6.45) is 3.10. The molecule has 0 spiro atoms. The molecule has 0 radical (unpaired) electrons. The summed E-state index contributed by atoms with van der Waals surface area (Å²) in [5.41, 5.74) is 2.53. The van der Waals surface area contributed by atoms with Crippen LogP contribution in [0.25, 0.3) is 0 Å². The molecule has 0 fully saturated rings.